The van der Waals surface area contributed by atoms with Crippen molar-refractivity contribution in [3.63, 3.8) is 0 Å². The Morgan fingerprint density at radius 1 is 0.925 bits per heavy atom. The van der Waals surface area contributed by atoms with Gasteiger partial charge in [-0.25, -0.2) is 13.1 Å². The van der Waals surface area contributed by atoms with E-state index >= 15 is 0 Å². The zero-order valence-electron chi connectivity index (χ0n) is 37.9. The van der Waals surface area contributed by atoms with Crippen molar-refractivity contribution in [3.05, 3.63) is 122 Å². The Bertz CT molecular complexity index is 2780. The highest BCUT2D eigenvalue weighted by Gasteiger charge is 2.32. The number of hydrogen-bond donors (Lipinski definition) is 3. The second-order valence-electron chi connectivity index (χ2n) is 19.0. The molecule has 0 bridgehead atoms. The molecule has 354 valence electrons. The molecule has 9 rings (SSSR count). The lowest BCUT2D eigenvalue weighted by molar-refractivity contribution is -0.384. The Morgan fingerprint density at radius 3 is 2.40 bits per heavy atom. The van der Waals surface area contributed by atoms with Crippen LogP contribution in [0.4, 0.5) is 17.1 Å². The predicted molar refractivity (Wildman–Crippen MR) is 264 cm³/mol. The second kappa shape index (κ2) is 19.8. The Balaban J connectivity index is 0.920. The van der Waals surface area contributed by atoms with Crippen LogP contribution in [0.1, 0.15) is 74.7 Å². The van der Waals surface area contributed by atoms with Crippen LogP contribution in [0.3, 0.4) is 0 Å². The van der Waals surface area contributed by atoms with Crippen LogP contribution < -0.4 is 19.7 Å². The zero-order chi connectivity index (χ0) is 46.9. The molecule has 1 amide bonds. The Labute approximate surface area is 401 Å². The molecule has 2 aliphatic heterocycles. The standard InChI is InChI=1S/C50H57Cl2N7O7S/c1-50(2)19-18-34(41(30-50)33-6-8-35(51)9-7-33)32-56-20-22-57(23-21-56)38-14-16-40(47(28-38)66-46-5-3-4-44-48(46)42(52)31-53-44)49(60)55-67(63,64)39-15-17-43(45(29-39)59(61)62)54-36-10-12-37(13-11-36)58-24-26-65-27-25-58/h3-9,14-17,28-29,31,36-37,53-54H,10-13,18-27,30,32H2,1-2H3,(H,55,60). The Hall–Kier alpha value is -5.16. The van der Waals surface area contributed by atoms with Gasteiger partial charge in [0, 0.05) is 86.9 Å². The summed E-state index contributed by atoms with van der Waals surface area (Å²) in [6.45, 7) is 11.9. The highest BCUT2D eigenvalue weighted by atomic mass is 35.5. The van der Waals surface area contributed by atoms with Gasteiger partial charge in [-0.2, -0.15) is 0 Å². The number of carbonyl (C=O) groups is 1. The van der Waals surface area contributed by atoms with Crippen molar-refractivity contribution in [2.24, 2.45) is 5.41 Å². The van der Waals surface area contributed by atoms with E-state index in [0.717, 1.165) is 113 Å². The molecule has 17 heteroatoms. The molecule has 1 saturated carbocycles. The van der Waals surface area contributed by atoms with E-state index in [1.54, 1.807) is 36.5 Å². The van der Waals surface area contributed by atoms with Gasteiger partial charge >= 0.3 is 0 Å². The topological polar surface area (TPSA) is 162 Å². The van der Waals surface area contributed by atoms with E-state index in [4.69, 9.17) is 32.7 Å². The molecule has 4 aromatic carbocycles. The molecule has 3 N–H and O–H groups in total. The number of fused-ring (bicyclic) bond motifs is 1. The lowest BCUT2D eigenvalue weighted by Gasteiger charge is -2.39. The molecule has 5 aromatic rings. The van der Waals surface area contributed by atoms with Gasteiger partial charge in [0.25, 0.3) is 21.6 Å². The van der Waals surface area contributed by atoms with Crippen molar-refractivity contribution in [2.75, 3.05) is 69.2 Å². The highest BCUT2D eigenvalue weighted by Crippen LogP contribution is 2.44. The van der Waals surface area contributed by atoms with Gasteiger partial charge < -0.3 is 24.7 Å². The number of H-pyrrole nitrogens is 1. The maximum Gasteiger partial charge on any atom is 0.293 e. The van der Waals surface area contributed by atoms with Crippen LogP contribution in [0.2, 0.25) is 10.0 Å². The van der Waals surface area contributed by atoms with Gasteiger partial charge in [0.15, 0.2) is 0 Å². The van der Waals surface area contributed by atoms with Crippen molar-refractivity contribution in [1.82, 2.24) is 19.5 Å². The summed E-state index contributed by atoms with van der Waals surface area (Å²) in [4.78, 5) is 35.8. The third-order valence-corrected chi connectivity index (χ3v) is 15.8. The van der Waals surface area contributed by atoms with E-state index in [1.807, 2.05) is 18.2 Å². The summed E-state index contributed by atoms with van der Waals surface area (Å²) < 4.78 is 42.0. The number of rotatable bonds is 13. The SMILES string of the molecule is CC1(C)CCC(CN2CCN(c3ccc(C(=O)NS(=O)(=O)c4ccc(NC5CCC(N6CCOCC6)CC5)c([N+](=O)[O-])c4)c(Oc4cccc5[nH]cc(Cl)c45)c3)CC2)=C(c2ccc(Cl)cc2)C1. The van der Waals surface area contributed by atoms with E-state index in [0.29, 0.717) is 35.3 Å². The minimum absolute atomic E-state index is 0.00332. The Morgan fingerprint density at radius 2 is 1.67 bits per heavy atom. The van der Waals surface area contributed by atoms with Gasteiger partial charge in [-0.1, -0.05) is 60.8 Å². The molecule has 14 nitrogen and oxygen atoms in total. The number of nitrogens with one attached hydrogen (secondary N) is 3. The third kappa shape index (κ3) is 10.8. The number of carbonyl (C=O) groups excluding carboxylic acids is 1. The summed E-state index contributed by atoms with van der Waals surface area (Å²) in [5.41, 5.74) is 5.64. The molecule has 1 aromatic heterocycles. The van der Waals surface area contributed by atoms with E-state index < -0.39 is 31.4 Å². The maximum absolute atomic E-state index is 14.1. The minimum atomic E-state index is -4.59. The number of amides is 1. The van der Waals surface area contributed by atoms with Crippen LogP contribution in [0, 0.1) is 15.5 Å². The van der Waals surface area contributed by atoms with Crippen LogP contribution in [0.5, 0.6) is 11.5 Å². The Kier molecular flexibility index (Phi) is 13.9. The summed E-state index contributed by atoms with van der Waals surface area (Å²) in [7, 11) is -4.59. The number of hydrogen-bond acceptors (Lipinski definition) is 11. The van der Waals surface area contributed by atoms with Crippen LogP contribution in [-0.2, 0) is 14.8 Å². The average molecular weight is 971 g/mol. The molecule has 3 heterocycles. The first kappa shape index (κ1) is 46.9. The number of benzene rings is 4. The van der Waals surface area contributed by atoms with Crippen LogP contribution in [0.15, 0.2) is 95.5 Å². The van der Waals surface area contributed by atoms with Crippen molar-refractivity contribution >= 4 is 72.7 Å². The summed E-state index contributed by atoms with van der Waals surface area (Å²) in [6.07, 6.45) is 8.38. The first-order chi connectivity index (χ1) is 32.2. The van der Waals surface area contributed by atoms with Crippen molar-refractivity contribution < 1.29 is 27.6 Å². The first-order valence-corrected chi connectivity index (χ1v) is 25.4. The van der Waals surface area contributed by atoms with Gasteiger partial charge in [-0.05, 0) is 110 Å². The van der Waals surface area contributed by atoms with E-state index in [-0.39, 0.29) is 28.5 Å². The summed E-state index contributed by atoms with van der Waals surface area (Å²) in [6, 6.07) is 22.8. The molecule has 2 saturated heterocycles. The molecule has 0 radical (unpaired) electrons. The second-order valence-corrected chi connectivity index (χ2v) is 21.5. The third-order valence-electron chi connectivity index (χ3n) is 13.9. The van der Waals surface area contributed by atoms with Gasteiger partial charge in [-0.3, -0.25) is 24.7 Å². The summed E-state index contributed by atoms with van der Waals surface area (Å²) in [5.74, 6) is -0.466. The summed E-state index contributed by atoms with van der Waals surface area (Å²) in [5, 5.41) is 17.4. The van der Waals surface area contributed by atoms with E-state index in [2.05, 4.69) is 55.7 Å². The van der Waals surface area contributed by atoms with Crippen LogP contribution in [-0.4, -0.2) is 105 Å². The van der Waals surface area contributed by atoms with Crippen molar-refractivity contribution in [1.29, 1.82) is 0 Å². The molecule has 2 aliphatic carbocycles. The number of anilines is 2. The monoisotopic (exact) mass is 969 g/mol. The first-order valence-electron chi connectivity index (χ1n) is 23.2. The quantitative estimate of drug-likeness (QED) is 0.0761. The molecule has 0 atom stereocenters. The highest BCUT2D eigenvalue weighted by molar-refractivity contribution is 7.90. The van der Waals surface area contributed by atoms with E-state index in [1.165, 1.54) is 28.8 Å². The number of sulfonamides is 1. The molecule has 4 aliphatic rings. The summed E-state index contributed by atoms with van der Waals surface area (Å²) >= 11 is 12.8. The van der Waals surface area contributed by atoms with Gasteiger partial charge in [0.1, 0.15) is 17.2 Å². The molecular formula is C50H57Cl2N7O7S. The van der Waals surface area contributed by atoms with Crippen molar-refractivity contribution in [3.8, 4) is 11.5 Å². The molecule has 67 heavy (non-hydrogen) atoms. The number of nitrogens with zero attached hydrogens (tertiary/aromatic N) is 4. The maximum atomic E-state index is 14.1. The van der Waals surface area contributed by atoms with E-state index in [9.17, 15) is 23.3 Å². The van der Waals surface area contributed by atoms with Crippen LogP contribution >= 0.6 is 23.2 Å². The molecule has 0 spiro atoms. The lowest BCUT2D eigenvalue weighted by atomic mass is 9.72. The number of aromatic nitrogens is 1. The molecular weight excluding hydrogens is 914 g/mol. The number of ether oxygens (including phenoxy) is 2. The largest absolute Gasteiger partial charge is 0.456 e. The van der Waals surface area contributed by atoms with Gasteiger partial charge in [0.05, 0.1) is 44.5 Å². The molecule has 3 fully saturated rings. The number of piperazine rings is 1. The fraction of sp³-hybridized carbons (Fsp3) is 0.420. The lowest BCUT2D eigenvalue weighted by Crippen LogP contribution is -2.47. The van der Waals surface area contributed by atoms with Crippen LogP contribution in [0.25, 0.3) is 16.5 Å². The van der Waals surface area contributed by atoms with Crippen molar-refractivity contribution in [2.45, 2.75) is 75.8 Å². The number of morpholine rings is 1. The number of nitro benzene ring substituents is 1. The fourth-order valence-electron chi connectivity index (χ4n) is 10.1. The smallest absolute Gasteiger partial charge is 0.293 e. The van der Waals surface area contributed by atoms with Gasteiger partial charge in [-0.15, -0.1) is 0 Å². The molecule has 0 unspecified atom stereocenters. The average Bonchev–Trinajstić information content (AvgIpc) is 3.71. The number of halogens is 2. The normalized spacial score (nSPS) is 20.7. The minimum Gasteiger partial charge on any atom is -0.456 e. The van der Waals surface area contributed by atoms with Gasteiger partial charge in [0.2, 0.25) is 0 Å². The predicted octanol–water partition coefficient (Wildman–Crippen LogP) is 10.1. The zero-order valence-corrected chi connectivity index (χ0v) is 40.2. The number of nitro groups is 1. The fourth-order valence-corrected chi connectivity index (χ4v) is 11.5. The number of aromatic amines is 1. The number of allylic oxidation sites excluding steroid dienone is 1.